The van der Waals surface area contributed by atoms with Gasteiger partial charge in [-0.05, 0) is 30.0 Å². The highest BCUT2D eigenvalue weighted by Crippen LogP contribution is 2.18. The largest absolute Gasteiger partial charge is 0.497 e. The number of carbonyl (C=O) groups is 1. The summed E-state index contributed by atoms with van der Waals surface area (Å²) in [6.45, 7) is 0.333. The standard InChI is InChI=1S/C17H16N4O3/c1-24-13-3-2-11-8-12(16(22)21-14(11)9-13)4-5-20-17(23)15-10-18-6-7-19-15/h2-3,6-10H,4-5H2,1H3,(H,20,23)(H,21,22). The van der Waals surface area contributed by atoms with Crippen LogP contribution in [0.4, 0.5) is 0 Å². The minimum Gasteiger partial charge on any atom is -0.497 e. The first-order chi connectivity index (χ1) is 11.7. The van der Waals surface area contributed by atoms with Crippen molar-refractivity contribution >= 4 is 16.8 Å². The molecule has 7 nitrogen and oxygen atoms in total. The predicted molar refractivity (Wildman–Crippen MR) is 89.2 cm³/mol. The molecule has 0 unspecified atom stereocenters. The molecule has 0 atom stereocenters. The Labute approximate surface area is 137 Å². The molecule has 0 saturated heterocycles. The molecule has 0 bridgehead atoms. The van der Waals surface area contributed by atoms with Gasteiger partial charge < -0.3 is 15.0 Å². The molecule has 2 aromatic heterocycles. The third-order valence-corrected chi connectivity index (χ3v) is 3.61. The van der Waals surface area contributed by atoms with E-state index in [4.69, 9.17) is 4.74 Å². The fourth-order valence-corrected chi connectivity index (χ4v) is 2.36. The van der Waals surface area contributed by atoms with Crippen LogP contribution in [-0.2, 0) is 6.42 Å². The molecule has 0 saturated carbocycles. The van der Waals surface area contributed by atoms with Crippen LogP contribution in [0.3, 0.4) is 0 Å². The van der Waals surface area contributed by atoms with Crippen molar-refractivity contribution in [2.45, 2.75) is 6.42 Å². The van der Waals surface area contributed by atoms with Crippen LogP contribution in [0.5, 0.6) is 5.75 Å². The number of carbonyl (C=O) groups excluding carboxylic acids is 1. The molecule has 3 rings (SSSR count). The Morgan fingerprint density at radius 1 is 1.29 bits per heavy atom. The Hall–Kier alpha value is -3.22. The number of rotatable bonds is 5. The van der Waals surface area contributed by atoms with Crippen LogP contribution in [0.25, 0.3) is 10.9 Å². The zero-order valence-corrected chi connectivity index (χ0v) is 13.1. The van der Waals surface area contributed by atoms with Crippen molar-refractivity contribution in [3.8, 4) is 5.75 Å². The second-order valence-corrected chi connectivity index (χ2v) is 5.17. The number of aromatic amines is 1. The quantitative estimate of drug-likeness (QED) is 0.737. The topological polar surface area (TPSA) is 97.0 Å². The second-order valence-electron chi connectivity index (χ2n) is 5.17. The van der Waals surface area contributed by atoms with E-state index < -0.39 is 0 Å². The molecule has 0 aliphatic rings. The fraction of sp³-hybridized carbons (Fsp3) is 0.176. The number of hydrogen-bond donors (Lipinski definition) is 2. The molecule has 3 aromatic rings. The lowest BCUT2D eigenvalue weighted by atomic mass is 10.1. The molecule has 1 aromatic carbocycles. The molecule has 122 valence electrons. The number of pyridine rings is 1. The fourth-order valence-electron chi connectivity index (χ4n) is 2.36. The Bertz CT molecular complexity index is 922. The summed E-state index contributed by atoms with van der Waals surface area (Å²) in [6.07, 6.45) is 4.77. The lowest BCUT2D eigenvalue weighted by Crippen LogP contribution is -2.28. The Balaban J connectivity index is 1.70. The van der Waals surface area contributed by atoms with Gasteiger partial charge >= 0.3 is 0 Å². The van der Waals surface area contributed by atoms with Gasteiger partial charge in [-0.15, -0.1) is 0 Å². The molecule has 0 radical (unpaired) electrons. The molecular weight excluding hydrogens is 308 g/mol. The molecule has 1 amide bonds. The highest BCUT2D eigenvalue weighted by molar-refractivity contribution is 5.91. The van der Waals surface area contributed by atoms with E-state index in [1.165, 1.54) is 18.6 Å². The van der Waals surface area contributed by atoms with Crippen LogP contribution in [0.1, 0.15) is 16.1 Å². The average Bonchev–Trinajstić information content (AvgIpc) is 2.62. The highest BCUT2D eigenvalue weighted by atomic mass is 16.5. The highest BCUT2D eigenvalue weighted by Gasteiger charge is 2.08. The molecule has 0 aliphatic heterocycles. The number of nitrogens with one attached hydrogen (secondary N) is 2. The van der Waals surface area contributed by atoms with Gasteiger partial charge in [0, 0.05) is 30.6 Å². The Kier molecular flexibility index (Phi) is 4.51. The van der Waals surface area contributed by atoms with E-state index in [1.807, 2.05) is 18.2 Å². The van der Waals surface area contributed by atoms with Gasteiger partial charge in [0.25, 0.3) is 11.5 Å². The summed E-state index contributed by atoms with van der Waals surface area (Å²) in [6, 6.07) is 7.31. The van der Waals surface area contributed by atoms with E-state index in [-0.39, 0.29) is 17.2 Å². The minimum atomic E-state index is -0.315. The normalized spacial score (nSPS) is 10.5. The summed E-state index contributed by atoms with van der Waals surface area (Å²) in [4.78, 5) is 34.6. The van der Waals surface area contributed by atoms with Crippen molar-refractivity contribution < 1.29 is 9.53 Å². The van der Waals surface area contributed by atoms with Crippen LogP contribution in [0.2, 0.25) is 0 Å². The van der Waals surface area contributed by atoms with E-state index in [0.717, 1.165) is 5.39 Å². The summed E-state index contributed by atoms with van der Waals surface area (Å²) in [7, 11) is 1.58. The lowest BCUT2D eigenvalue weighted by molar-refractivity contribution is 0.0948. The summed E-state index contributed by atoms with van der Waals surface area (Å²) in [5.41, 5.74) is 1.39. The van der Waals surface area contributed by atoms with E-state index in [0.29, 0.717) is 29.8 Å². The van der Waals surface area contributed by atoms with Gasteiger partial charge in [-0.25, -0.2) is 4.98 Å². The Morgan fingerprint density at radius 3 is 2.92 bits per heavy atom. The number of hydrogen-bond acceptors (Lipinski definition) is 5. The summed E-state index contributed by atoms with van der Waals surface area (Å²) in [5.74, 6) is 0.368. The van der Waals surface area contributed by atoms with Crippen molar-refractivity contribution in [3.63, 3.8) is 0 Å². The van der Waals surface area contributed by atoms with Gasteiger partial charge in [-0.1, -0.05) is 0 Å². The minimum absolute atomic E-state index is 0.176. The van der Waals surface area contributed by atoms with Crippen LogP contribution in [0, 0.1) is 0 Å². The SMILES string of the molecule is COc1ccc2cc(CCNC(=O)c3cnccn3)c(=O)[nH]c2c1. The average molecular weight is 324 g/mol. The number of fused-ring (bicyclic) bond motifs is 1. The molecule has 7 heteroatoms. The maximum Gasteiger partial charge on any atom is 0.271 e. The van der Waals surface area contributed by atoms with Crippen LogP contribution >= 0.6 is 0 Å². The number of aromatic nitrogens is 3. The van der Waals surface area contributed by atoms with Gasteiger partial charge in [0.2, 0.25) is 0 Å². The van der Waals surface area contributed by atoms with Gasteiger partial charge in [0.05, 0.1) is 18.8 Å². The van der Waals surface area contributed by atoms with Crippen molar-refractivity contribution in [1.82, 2.24) is 20.3 Å². The number of H-pyrrole nitrogens is 1. The number of ether oxygens (including phenoxy) is 1. The van der Waals surface area contributed by atoms with E-state index in [1.54, 1.807) is 13.2 Å². The zero-order chi connectivity index (χ0) is 16.9. The lowest BCUT2D eigenvalue weighted by Gasteiger charge is -2.06. The molecule has 0 spiro atoms. The second kappa shape index (κ2) is 6.91. The molecule has 2 N–H and O–H groups in total. The van der Waals surface area contributed by atoms with Gasteiger partial charge in [0.15, 0.2) is 0 Å². The molecule has 0 fully saturated rings. The summed E-state index contributed by atoms with van der Waals surface area (Å²) < 4.78 is 5.15. The Morgan fingerprint density at radius 2 is 2.17 bits per heavy atom. The molecule has 0 aliphatic carbocycles. The van der Waals surface area contributed by atoms with E-state index >= 15 is 0 Å². The van der Waals surface area contributed by atoms with Crippen molar-refractivity contribution in [2.24, 2.45) is 0 Å². The van der Waals surface area contributed by atoms with Gasteiger partial charge in [-0.2, -0.15) is 0 Å². The number of amides is 1. The summed E-state index contributed by atoms with van der Waals surface area (Å²) >= 11 is 0. The maximum absolute atomic E-state index is 12.1. The molecule has 24 heavy (non-hydrogen) atoms. The van der Waals surface area contributed by atoms with Crippen molar-refractivity contribution in [3.05, 3.63) is 64.5 Å². The third-order valence-electron chi connectivity index (χ3n) is 3.61. The maximum atomic E-state index is 12.1. The predicted octanol–water partition coefficient (Wildman–Crippen LogP) is 1.30. The first-order valence-electron chi connectivity index (χ1n) is 7.41. The monoisotopic (exact) mass is 324 g/mol. The first kappa shape index (κ1) is 15.7. The zero-order valence-electron chi connectivity index (χ0n) is 13.1. The number of methoxy groups -OCH3 is 1. The van der Waals surface area contributed by atoms with E-state index in [2.05, 4.69) is 20.3 Å². The van der Waals surface area contributed by atoms with E-state index in [9.17, 15) is 9.59 Å². The molecule has 2 heterocycles. The smallest absolute Gasteiger partial charge is 0.271 e. The van der Waals surface area contributed by atoms with Crippen molar-refractivity contribution in [2.75, 3.05) is 13.7 Å². The van der Waals surface area contributed by atoms with Crippen molar-refractivity contribution in [1.29, 1.82) is 0 Å². The first-order valence-corrected chi connectivity index (χ1v) is 7.41. The van der Waals surface area contributed by atoms with Gasteiger partial charge in [0.1, 0.15) is 11.4 Å². The number of benzene rings is 1. The third kappa shape index (κ3) is 3.40. The van der Waals surface area contributed by atoms with Gasteiger partial charge in [-0.3, -0.25) is 14.6 Å². The molecular formula is C17H16N4O3. The van der Waals surface area contributed by atoms with Crippen LogP contribution in [0.15, 0.2) is 47.7 Å². The van der Waals surface area contributed by atoms with Crippen LogP contribution < -0.4 is 15.6 Å². The van der Waals surface area contributed by atoms with Crippen LogP contribution in [-0.4, -0.2) is 34.5 Å². The number of nitrogens with zero attached hydrogens (tertiary/aromatic N) is 2. The summed E-state index contributed by atoms with van der Waals surface area (Å²) in [5, 5.41) is 3.63.